The van der Waals surface area contributed by atoms with E-state index < -0.39 is 23.8 Å². The van der Waals surface area contributed by atoms with Gasteiger partial charge in [-0.1, -0.05) is 6.07 Å². The number of benzene rings is 1. The molecule has 0 spiro atoms. The first kappa shape index (κ1) is 14.6. The highest BCUT2D eigenvalue weighted by Gasteiger charge is 2.53. The minimum Gasteiger partial charge on any atom is -0.481 e. The molecule has 3 N–H and O–H groups in total. The molecule has 3 rings (SSSR count). The molecule has 4 atom stereocenters. The van der Waals surface area contributed by atoms with E-state index in [0.29, 0.717) is 5.69 Å². The van der Waals surface area contributed by atoms with Crippen molar-refractivity contribution < 1.29 is 24.6 Å². The van der Waals surface area contributed by atoms with E-state index in [2.05, 4.69) is 5.32 Å². The average Bonchev–Trinajstić information content (AvgIpc) is 3.07. The van der Waals surface area contributed by atoms with Crippen molar-refractivity contribution in [3.05, 3.63) is 29.8 Å². The summed E-state index contributed by atoms with van der Waals surface area (Å²) in [6, 6.07) is 5.97. The molecule has 2 aliphatic rings. The van der Waals surface area contributed by atoms with Gasteiger partial charge in [0.15, 0.2) is 0 Å². The Bertz CT molecular complexity index is 641. The molecule has 2 aliphatic carbocycles. The molecule has 0 aliphatic heterocycles. The third-order valence-electron chi connectivity index (χ3n) is 4.88. The SMILES string of the molecule is O=C(O)c1cccc(NC(=O)[C@H]2[C@H]3CC[C@@H](C3)[C@@H]2C(=O)O)c1. The van der Waals surface area contributed by atoms with Crippen LogP contribution in [0.1, 0.15) is 29.6 Å². The third kappa shape index (κ3) is 2.45. The van der Waals surface area contributed by atoms with Crippen molar-refractivity contribution in [2.45, 2.75) is 19.3 Å². The number of hydrogen-bond donors (Lipinski definition) is 3. The van der Waals surface area contributed by atoms with Crippen LogP contribution >= 0.6 is 0 Å². The molecular formula is C16H17NO5. The van der Waals surface area contributed by atoms with Crippen molar-refractivity contribution in [2.24, 2.45) is 23.7 Å². The van der Waals surface area contributed by atoms with E-state index in [1.807, 2.05) is 0 Å². The zero-order valence-electron chi connectivity index (χ0n) is 11.9. The predicted molar refractivity (Wildman–Crippen MR) is 77.5 cm³/mol. The lowest BCUT2D eigenvalue weighted by atomic mass is 9.78. The molecule has 0 heterocycles. The van der Waals surface area contributed by atoms with Gasteiger partial charge in [-0.05, 0) is 49.3 Å². The molecule has 0 saturated heterocycles. The number of carboxylic acid groups (broad SMARTS) is 2. The van der Waals surface area contributed by atoms with Gasteiger partial charge in [0.05, 0.1) is 17.4 Å². The van der Waals surface area contributed by atoms with Crippen molar-refractivity contribution >= 4 is 23.5 Å². The molecule has 0 unspecified atom stereocenters. The van der Waals surface area contributed by atoms with Gasteiger partial charge in [0, 0.05) is 5.69 Å². The molecule has 1 aromatic rings. The van der Waals surface area contributed by atoms with Crippen molar-refractivity contribution in [1.82, 2.24) is 0 Å². The summed E-state index contributed by atoms with van der Waals surface area (Å²) in [4.78, 5) is 34.9. The van der Waals surface area contributed by atoms with Crippen molar-refractivity contribution in [2.75, 3.05) is 5.32 Å². The van der Waals surface area contributed by atoms with Gasteiger partial charge in [-0.15, -0.1) is 0 Å². The van der Waals surface area contributed by atoms with Crippen LogP contribution in [0.2, 0.25) is 0 Å². The smallest absolute Gasteiger partial charge is 0.335 e. The summed E-state index contributed by atoms with van der Waals surface area (Å²) >= 11 is 0. The molecule has 2 bridgehead atoms. The lowest BCUT2D eigenvalue weighted by molar-refractivity contribution is -0.148. The number of nitrogens with one attached hydrogen (secondary N) is 1. The first-order valence-electron chi connectivity index (χ1n) is 7.34. The molecule has 116 valence electrons. The summed E-state index contributed by atoms with van der Waals surface area (Å²) in [5.74, 6) is -3.24. The average molecular weight is 303 g/mol. The summed E-state index contributed by atoms with van der Waals surface area (Å²) in [5, 5.41) is 21.0. The van der Waals surface area contributed by atoms with E-state index in [1.165, 1.54) is 12.1 Å². The predicted octanol–water partition coefficient (Wildman–Crippen LogP) is 2.07. The number of fused-ring (bicyclic) bond motifs is 2. The Labute approximate surface area is 127 Å². The Balaban J connectivity index is 1.78. The lowest BCUT2D eigenvalue weighted by Gasteiger charge is -2.27. The Morgan fingerprint density at radius 1 is 1.05 bits per heavy atom. The number of carbonyl (C=O) groups excluding carboxylic acids is 1. The largest absolute Gasteiger partial charge is 0.481 e. The van der Waals surface area contributed by atoms with Crippen molar-refractivity contribution in [3.8, 4) is 0 Å². The molecule has 0 aromatic heterocycles. The zero-order chi connectivity index (χ0) is 15.9. The van der Waals surface area contributed by atoms with Crippen LogP contribution in [0.5, 0.6) is 0 Å². The number of carbonyl (C=O) groups is 3. The van der Waals surface area contributed by atoms with Crippen LogP contribution in [0.25, 0.3) is 0 Å². The molecule has 0 radical (unpaired) electrons. The maximum absolute atomic E-state index is 12.5. The first-order valence-corrected chi connectivity index (χ1v) is 7.34. The number of amides is 1. The lowest BCUT2D eigenvalue weighted by Crippen LogP contribution is -2.37. The third-order valence-corrected chi connectivity index (χ3v) is 4.88. The Morgan fingerprint density at radius 2 is 1.73 bits per heavy atom. The Morgan fingerprint density at radius 3 is 2.36 bits per heavy atom. The second-order valence-electron chi connectivity index (χ2n) is 6.10. The molecule has 6 heteroatoms. The van der Waals surface area contributed by atoms with Gasteiger partial charge in [-0.2, -0.15) is 0 Å². The van der Waals surface area contributed by atoms with Crippen LogP contribution in [0.15, 0.2) is 24.3 Å². The number of aromatic carboxylic acids is 1. The topological polar surface area (TPSA) is 104 Å². The number of hydrogen-bond acceptors (Lipinski definition) is 3. The fourth-order valence-electron chi connectivity index (χ4n) is 3.98. The summed E-state index contributed by atoms with van der Waals surface area (Å²) in [6.45, 7) is 0. The minimum atomic E-state index is -1.07. The van der Waals surface area contributed by atoms with E-state index in [1.54, 1.807) is 12.1 Å². The highest BCUT2D eigenvalue weighted by atomic mass is 16.4. The van der Waals surface area contributed by atoms with E-state index in [-0.39, 0.29) is 23.3 Å². The van der Waals surface area contributed by atoms with Crippen molar-refractivity contribution in [3.63, 3.8) is 0 Å². The number of rotatable bonds is 4. The van der Waals surface area contributed by atoms with Crippen LogP contribution in [0, 0.1) is 23.7 Å². The number of aliphatic carboxylic acids is 1. The van der Waals surface area contributed by atoms with Crippen LogP contribution in [-0.4, -0.2) is 28.1 Å². The summed E-state index contributed by atoms with van der Waals surface area (Å²) < 4.78 is 0. The normalized spacial score (nSPS) is 29.3. The molecule has 1 aromatic carbocycles. The van der Waals surface area contributed by atoms with E-state index in [0.717, 1.165) is 19.3 Å². The van der Waals surface area contributed by atoms with E-state index in [9.17, 15) is 19.5 Å². The fourth-order valence-corrected chi connectivity index (χ4v) is 3.98. The van der Waals surface area contributed by atoms with Crippen LogP contribution in [-0.2, 0) is 9.59 Å². The standard InChI is InChI=1S/C16H17NO5/c18-14(17-11-3-1-2-10(7-11)15(19)20)12-8-4-5-9(6-8)13(12)16(21)22/h1-3,7-9,12-13H,4-6H2,(H,17,18)(H,19,20)(H,21,22)/t8-,9-,12-,13-/m0/s1. The second kappa shape index (κ2) is 5.44. The maximum Gasteiger partial charge on any atom is 0.335 e. The summed E-state index contributed by atoms with van der Waals surface area (Å²) in [5.41, 5.74) is 0.470. The molecule has 22 heavy (non-hydrogen) atoms. The monoisotopic (exact) mass is 303 g/mol. The number of carboxylic acids is 2. The maximum atomic E-state index is 12.5. The number of anilines is 1. The van der Waals surface area contributed by atoms with Gasteiger partial charge in [-0.25, -0.2) is 4.79 Å². The molecular weight excluding hydrogens is 286 g/mol. The summed E-state index contributed by atoms with van der Waals surface area (Å²) in [6.07, 6.45) is 2.56. The zero-order valence-corrected chi connectivity index (χ0v) is 11.9. The van der Waals surface area contributed by atoms with Crippen molar-refractivity contribution in [1.29, 1.82) is 0 Å². The minimum absolute atomic E-state index is 0.0838. The Hall–Kier alpha value is -2.37. The van der Waals surface area contributed by atoms with Crippen LogP contribution < -0.4 is 5.32 Å². The molecule has 2 saturated carbocycles. The van der Waals surface area contributed by atoms with E-state index >= 15 is 0 Å². The second-order valence-corrected chi connectivity index (χ2v) is 6.10. The van der Waals surface area contributed by atoms with Gasteiger partial charge in [0.25, 0.3) is 0 Å². The molecule has 6 nitrogen and oxygen atoms in total. The summed E-state index contributed by atoms with van der Waals surface area (Å²) in [7, 11) is 0. The van der Waals surface area contributed by atoms with Gasteiger partial charge < -0.3 is 15.5 Å². The van der Waals surface area contributed by atoms with E-state index in [4.69, 9.17) is 5.11 Å². The van der Waals surface area contributed by atoms with Gasteiger partial charge >= 0.3 is 11.9 Å². The highest BCUT2D eigenvalue weighted by molar-refractivity contribution is 5.97. The van der Waals surface area contributed by atoms with Gasteiger partial charge in [0.1, 0.15) is 0 Å². The highest BCUT2D eigenvalue weighted by Crippen LogP contribution is 2.52. The Kier molecular flexibility index (Phi) is 3.60. The quantitative estimate of drug-likeness (QED) is 0.790. The molecule has 1 amide bonds. The molecule has 2 fully saturated rings. The van der Waals surface area contributed by atoms with Gasteiger partial charge in [-0.3, -0.25) is 9.59 Å². The fraction of sp³-hybridized carbons (Fsp3) is 0.438. The van der Waals surface area contributed by atoms with Crippen LogP contribution in [0.4, 0.5) is 5.69 Å². The van der Waals surface area contributed by atoms with Gasteiger partial charge in [0.2, 0.25) is 5.91 Å². The van der Waals surface area contributed by atoms with Crippen LogP contribution in [0.3, 0.4) is 0 Å². The first-order chi connectivity index (χ1) is 10.5.